The molecule has 1 aliphatic rings. The van der Waals surface area contributed by atoms with Gasteiger partial charge in [-0.25, -0.2) is 9.86 Å². The minimum atomic E-state index is -0.597. The predicted octanol–water partition coefficient (Wildman–Crippen LogP) is 4.76. The van der Waals surface area contributed by atoms with Crippen LogP contribution in [0.1, 0.15) is 37.8 Å². The SMILES string of the molecule is CCCCOC(=O)[C@@H]1C[C@H](c2c[nH]c3ccccc23)N(c2ccccc2)O1. The Morgan fingerprint density at radius 2 is 1.96 bits per heavy atom. The number of hydroxylamine groups is 1. The Morgan fingerprint density at radius 3 is 2.78 bits per heavy atom. The summed E-state index contributed by atoms with van der Waals surface area (Å²) in [6.07, 6.45) is 3.83. The Balaban J connectivity index is 1.64. The van der Waals surface area contributed by atoms with Gasteiger partial charge in [0.25, 0.3) is 0 Å². The van der Waals surface area contributed by atoms with Crippen LogP contribution in [-0.2, 0) is 14.4 Å². The van der Waals surface area contributed by atoms with Crippen LogP contribution >= 0.6 is 0 Å². The summed E-state index contributed by atoms with van der Waals surface area (Å²) in [5.41, 5.74) is 3.13. The van der Waals surface area contributed by atoms with Crippen molar-refractivity contribution in [3.8, 4) is 0 Å². The third kappa shape index (κ3) is 3.55. The largest absolute Gasteiger partial charge is 0.464 e. The van der Waals surface area contributed by atoms with Crippen molar-refractivity contribution in [1.82, 2.24) is 4.98 Å². The fraction of sp³-hybridized carbons (Fsp3) is 0.318. The maximum atomic E-state index is 12.5. The number of aromatic nitrogens is 1. The summed E-state index contributed by atoms with van der Waals surface area (Å²) < 4.78 is 5.41. The molecule has 0 aliphatic carbocycles. The fourth-order valence-corrected chi connectivity index (χ4v) is 3.54. The number of anilines is 1. The van der Waals surface area contributed by atoms with Crippen LogP contribution in [-0.4, -0.2) is 23.7 Å². The number of unbranched alkanes of at least 4 members (excludes halogenated alkanes) is 1. The van der Waals surface area contributed by atoms with Crippen molar-refractivity contribution >= 4 is 22.6 Å². The molecule has 1 N–H and O–H groups in total. The van der Waals surface area contributed by atoms with Crippen molar-refractivity contribution in [3.63, 3.8) is 0 Å². The molecule has 4 rings (SSSR count). The second-order valence-corrected chi connectivity index (χ2v) is 6.82. The topological polar surface area (TPSA) is 54.6 Å². The molecule has 2 atom stereocenters. The highest BCUT2D eigenvalue weighted by molar-refractivity contribution is 5.84. The molecule has 140 valence electrons. The molecule has 0 radical (unpaired) electrons. The molecule has 1 fully saturated rings. The third-order valence-electron chi connectivity index (χ3n) is 4.96. The Morgan fingerprint density at radius 1 is 1.19 bits per heavy atom. The standard InChI is InChI=1S/C22H24N2O3/c1-2-3-13-26-22(25)21-14-20(24(27-21)16-9-5-4-6-10-16)18-15-23-19-12-8-7-11-17(18)19/h4-12,15,20-21,23H,2-3,13-14H2,1H3/t20-,21+/m1/s1. The summed E-state index contributed by atoms with van der Waals surface area (Å²) in [5.74, 6) is -0.285. The zero-order chi connectivity index (χ0) is 18.6. The Hall–Kier alpha value is -2.79. The lowest BCUT2D eigenvalue weighted by Gasteiger charge is -2.24. The van der Waals surface area contributed by atoms with E-state index in [2.05, 4.69) is 24.0 Å². The van der Waals surface area contributed by atoms with E-state index in [9.17, 15) is 4.79 Å². The highest BCUT2D eigenvalue weighted by Crippen LogP contribution is 2.40. The van der Waals surface area contributed by atoms with Crippen LogP contribution < -0.4 is 5.06 Å². The first kappa shape index (κ1) is 17.6. The number of carbonyl (C=O) groups excluding carboxylic acids is 1. The van der Waals surface area contributed by atoms with E-state index in [-0.39, 0.29) is 12.0 Å². The van der Waals surface area contributed by atoms with E-state index in [1.165, 1.54) is 0 Å². The van der Waals surface area contributed by atoms with E-state index in [1.807, 2.05) is 53.7 Å². The van der Waals surface area contributed by atoms with Gasteiger partial charge >= 0.3 is 5.97 Å². The molecular weight excluding hydrogens is 340 g/mol. The molecule has 1 aromatic heterocycles. The summed E-state index contributed by atoms with van der Waals surface area (Å²) in [6.45, 7) is 2.52. The van der Waals surface area contributed by atoms with Gasteiger partial charge in [0.15, 0.2) is 6.10 Å². The van der Waals surface area contributed by atoms with E-state index in [4.69, 9.17) is 9.57 Å². The zero-order valence-corrected chi connectivity index (χ0v) is 15.4. The first-order chi connectivity index (χ1) is 13.3. The third-order valence-corrected chi connectivity index (χ3v) is 4.96. The van der Waals surface area contributed by atoms with E-state index >= 15 is 0 Å². The van der Waals surface area contributed by atoms with Crippen LogP contribution in [0.3, 0.4) is 0 Å². The van der Waals surface area contributed by atoms with Crippen molar-refractivity contribution in [2.75, 3.05) is 11.7 Å². The molecule has 0 spiro atoms. The number of hydrogen-bond donors (Lipinski definition) is 1. The highest BCUT2D eigenvalue weighted by Gasteiger charge is 2.40. The van der Waals surface area contributed by atoms with Gasteiger partial charge in [-0.15, -0.1) is 0 Å². The number of fused-ring (bicyclic) bond motifs is 1. The number of carbonyl (C=O) groups is 1. The Kier molecular flexibility index (Phi) is 5.12. The first-order valence-electron chi connectivity index (χ1n) is 9.51. The predicted molar refractivity (Wildman–Crippen MR) is 105 cm³/mol. The molecule has 0 amide bonds. The second kappa shape index (κ2) is 7.84. The number of esters is 1. The van der Waals surface area contributed by atoms with Crippen molar-refractivity contribution < 1.29 is 14.4 Å². The van der Waals surface area contributed by atoms with Crippen molar-refractivity contribution in [2.24, 2.45) is 0 Å². The van der Waals surface area contributed by atoms with Gasteiger partial charge in [-0.2, -0.15) is 0 Å². The van der Waals surface area contributed by atoms with E-state index in [0.29, 0.717) is 13.0 Å². The van der Waals surface area contributed by atoms with E-state index in [1.54, 1.807) is 0 Å². The molecule has 1 aliphatic heterocycles. The molecule has 2 heterocycles. The number of rotatable bonds is 6. The summed E-state index contributed by atoms with van der Waals surface area (Å²) in [6, 6.07) is 18.0. The quantitative estimate of drug-likeness (QED) is 0.506. The van der Waals surface area contributed by atoms with Gasteiger partial charge in [0.1, 0.15) is 0 Å². The average Bonchev–Trinajstić information content (AvgIpc) is 3.33. The van der Waals surface area contributed by atoms with Gasteiger partial charge < -0.3 is 9.72 Å². The average molecular weight is 364 g/mol. The van der Waals surface area contributed by atoms with Crippen molar-refractivity contribution in [3.05, 3.63) is 66.4 Å². The lowest BCUT2D eigenvalue weighted by atomic mass is 10.0. The van der Waals surface area contributed by atoms with Crippen molar-refractivity contribution in [1.29, 1.82) is 0 Å². The molecule has 0 bridgehead atoms. The van der Waals surface area contributed by atoms with Gasteiger partial charge in [-0.1, -0.05) is 49.7 Å². The molecule has 0 saturated carbocycles. The summed E-state index contributed by atoms with van der Waals surface area (Å²) in [4.78, 5) is 21.9. The number of nitrogens with zero attached hydrogens (tertiary/aromatic N) is 1. The molecule has 27 heavy (non-hydrogen) atoms. The van der Waals surface area contributed by atoms with E-state index < -0.39 is 6.10 Å². The van der Waals surface area contributed by atoms with E-state index in [0.717, 1.165) is 35.0 Å². The van der Waals surface area contributed by atoms with Crippen LogP contribution in [0.2, 0.25) is 0 Å². The summed E-state index contributed by atoms with van der Waals surface area (Å²) in [7, 11) is 0. The zero-order valence-electron chi connectivity index (χ0n) is 15.4. The lowest BCUT2D eigenvalue weighted by molar-refractivity contribution is -0.155. The molecule has 3 aromatic rings. The number of benzene rings is 2. The number of para-hydroxylation sites is 2. The van der Waals surface area contributed by atoms with Crippen LogP contribution in [0.15, 0.2) is 60.8 Å². The van der Waals surface area contributed by atoms with Gasteiger partial charge in [0.2, 0.25) is 0 Å². The smallest absolute Gasteiger partial charge is 0.338 e. The molecule has 5 heteroatoms. The van der Waals surface area contributed by atoms with Gasteiger partial charge in [0, 0.05) is 29.1 Å². The Bertz CT molecular complexity index is 906. The minimum absolute atomic E-state index is 0.0627. The van der Waals surface area contributed by atoms with Crippen LogP contribution in [0.25, 0.3) is 10.9 Å². The van der Waals surface area contributed by atoms with Gasteiger partial charge in [-0.3, -0.25) is 4.84 Å². The van der Waals surface area contributed by atoms with Gasteiger partial charge in [-0.05, 0) is 24.6 Å². The normalized spacial score (nSPS) is 19.5. The summed E-state index contributed by atoms with van der Waals surface area (Å²) in [5, 5.41) is 2.99. The number of ether oxygens (including phenoxy) is 1. The number of hydrogen-bond acceptors (Lipinski definition) is 4. The van der Waals surface area contributed by atoms with Crippen LogP contribution in [0.4, 0.5) is 5.69 Å². The van der Waals surface area contributed by atoms with Crippen LogP contribution in [0, 0.1) is 0 Å². The van der Waals surface area contributed by atoms with Crippen LogP contribution in [0.5, 0.6) is 0 Å². The number of H-pyrrole nitrogens is 1. The molecular formula is C22H24N2O3. The Labute approximate surface area is 158 Å². The number of aromatic amines is 1. The fourth-order valence-electron chi connectivity index (χ4n) is 3.54. The monoisotopic (exact) mass is 364 g/mol. The molecule has 0 unspecified atom stereocenters. The number of nitrogens with one attached hydrogen (secondary N) is 1. The first-order valence-corrected chi connectivity index (χ1v) is 9.51. The lowest BCUT2D eigenvalue weighted by Crippen LogP contribution is -2.26. The molecule has 1 saturated heterocycles. The second-order valence-electron chi connectivity index (χ2n) is 6.82. The van der Waals surface area contributed by atoms with Crippen molar-refractivity contribution in [2.45, 2.75) is 38.3 Å². The highest BCUT2D eigenvalue weighted by atomic mass is 16.7. The molecule has 5 nitrogen and oxygen atoms in total. The maximum absolute atomic E-state index is 12.5. The summed E-state index contributed by atoms with van der Waals surface area (Å²) >= 11 is 0. The van der Waals surface area contributed by atoms with Gasteiger partial charge in [0.05, 0.1) is 18.3 Å². The maximum Gasteiger partial charge on any atom is 0.338 e. The molecule has 2 aromatic carbocycles. The minimum Gasteiger partial charge on any atom is -0.464 e.